The molecule has 0 amide bonds. The second-order valence-corrected chi connectivity index (χ2v) is 25.4. The maximum absolute atomic E-state index is 4.87. The van der Waals surface area contributed by atoms with Gasteiger partial charge in [-0.1, -0.05) is 141 Å². The first kappa shape index (κ1) is 56.6. The summed E-state index contributed by atoms with van der Waals surface area (Å²) in [5.41, 5.74) is 9.97. The van der Waals surface area contributed by atoms with Crippen molar-refractivity contribution in [2.45, 2.75) is 157 Å². The smallest absolute Gasteiger partial charge is 0.144 e. The van der Waals surface area contributed by atoms with Crippen LogP contribution in [0.1, 0.15) is 159 Å². The summed E-state index contributed by atoms with van der Waals surface area (Å²) in [6.07, 6.45) is 5.69. The first-order valence-corrected chi connectivity index (χ1v) is 25.0. The van der Waals surface area contributed by atoms with Crippen molar-refractivity contribution in [1.29, 1.82) is 0 Å². The molecule has 6 aromatic rings. The maximum atomic E-state index is 4.87. The Labute approximate surface area is 452 Å². The summed E-state index contributed by atoms with van der Waals surface area (Å²) >= 11 is 0. The van der Waals surface area contributed by atoms with Crippen molar-refractivity contribution < 1.29 is 20.1 Å². The molecule has 0 aliphatic carbocycles. The van der Waals surface area contributed by atoms with Crippen molar-refractivity contribution >= 4 is 51.7 Å². The average Bonchev–Trinajstić information content (AvgIpc) is 3.94. The molecule has 6 heterocycles. The summed E-state index contributed by atoms with van der Waals surface area (Å²) in [5.74, 6) is 5.26. The van der Waals surface area contributed by atoms with E-state index in [0.29, 0.717) is 0 Å². The molecule has 0 unspecified atom stereocenters. The summed E-state index contributed by atoms with van der Waals surface area (Å²) in [5, 5.41) is 0. The van der Waals surface area contributed by atoms with E-state index in [0.717, 1.165) is 69.1 Å². The van der Waals surface area contributed by atoms with Gasteiger partial charge in [0.05, 0.1) is 35.7 Å². The molecule has 1 radical (unpaired) electrons. The van der Waals surface area contributed by atoms with Crippen LogP contribution in [0.25, 0.3) is 0 Å². The third-order valence-corrected chi connectivity index (χ3v) is 12.8. The Balaban J connectivity index is 0.000000177. The molecular formula is C60H78IrN12-6. The molecule has 13 heteroatoms. The van der Waals surface area contributed by atoms with E-state index in [1.54, 1.807) is 0 Å². The van der Waals surface area contributed by atoms with Gasteiger partial charge in [-0.05, 0) is 21.1 Å². The fraction of sp³-hybridized carbons (Fsp3) is 0.450. The van der Waals surface area contributed by atoms with Gasteiger partial charge in [0, 0.05) is 36.4 Å². The molecule has 393 valence electrons. The standard InChI is InChI=1S/3C20H26N4.Ir/c1-19(2,3)14-8-10-15(11-9-14)24-13-23(7)17-18(24)22-16(12-21-17)20(4,5)6;2*1-19(2,3)14-8-10-15(11-9-14)24-13-23(7)16-12-21-18(20(4,5)6)22-17(16)24;/h3*8-10,12-13H,1-7H3;/q3*-2;. The van der Waals surface area contributed by atoms with Gasteiger partial charge in [-0.25, -0.2) is 29.9 Å². The van der Waals surface area contributed by atoms with Crippen molar-refractivity contribution in [2.24, 2.45) is 0 Å². The van der Waals surface area contributed by atoms with Crippen LogP contribution in [-0.4, -0.2) is 51.0 Å². The van der Waals surface area contributed by atoms with Gasteiger partial charge >= 0.3 is 0 Å². The van der Waals surface area contributed by atoms with Gasteiger partial charge in [0.25, 0.3) is 0 Å². The van der Waals surface area contributed by atoms with E-state index in [4.69, 9.17) is 15.0 Å². The Morgan fingerprint density at radius 1 is 0.370 bits per heavy atom. The van der Waals surface area contributed by atoms with Gasteiger partial charge in [0.15, 0.2) is 0 Å². The molecule has 3 aromatic heterocycles. The molecule has 3 aliphatic rings. The van der Waals surface area contributed by atoms with Gasteiger partial charge in [-0.2, -0.15) is 84.6 Å². The Morgan fingerprint density at radius 2 is 0.712 bits per heavy atom. The van der Waals surface area contributed by atoms with E-state index in [-0.39, 0.29) is 52.6 Å². The van der Waals surface area contributed by atoms with E-state index in [1.165, 1.54) is 16.7 Å². The Hall–Kier alpha value is -5.65. The van der Waals surface area contributed by atoms with Gasteiger partial charge < -0.3 is 29.4 Å². The van der Waals surface area contributed by atoms with Crippen molar-refractivity contribution in [3.63, 3.8) is 0 Å². The van der Waals surface area contributed by atoms with Crippen LogP contribution in [0.5, 0.6) is 0 Å². The molecule has 0 bridgehead atoms. The van der Waals surface area contributed by atoms with Crippen LogP contribution >= 0.6 is 0 Å². The van der Waals surface area contributed by atoms with Crippen LogP contribution in [0.2, 0.25) is 0 Å². The summed E-state index contributed by atoms with van der Waals surface area (Å²) in [4.78, 5) is 40.5. The number of nitrogens with zero attached hydrogens (tertiary/aromatic N) is 12. The molecule has 3 aliphatic heterocycles. The fourth-order valence-corrected chi connectivity index (χ4v) is 7.94. The topological polar surface area (TPSA) is 96.8 Å². The molecule has 0 spiro atoms. The number of fused-ring (bicyclic) bond motifs is 3. The van der Waals surface area contributed by atoms with Crippen LogP contribution < -0.4 is 29.4 Å². The molecule has 9 rings (SSSR count). The van der Waals surface area contributed by atoms with Crippen molar-refractivity contribution in [3.8, 4) is 0 Å². The second-order valence-electron chi connectivity index (χ2n) is 25.4. The zero-order valence-electron chi connectivity index (χ0n) is 47.4. The Morgan fingerprint density at radius 3 is 1.01 bits per heavy atom. The number of anilines is 9. The second kappa shape index (κ2) is 20.6. The van der Waals surface area contributed by atoms with Crippen molar-refractivity contribution in [2.75, 3.05) is 50.5 Å². The predicted molar refractivity (Wildman–Crippen MR) is 299 cm³/mol. The SMILES string of the molecule is CN1[CH-]N(c2[c-]cc(C(C)(C)C)cc2)c2nc(C(C)(C)C)cnc21.CN1[CH-]N(c2[c-]cc(C(C)(C)C)cc2)c2nc(C(C)(C)C)ncc21.CN1[CH-]N(c2[c-]cc(C(C)(C)C)cc2)c2nc(C(C)(C)C)ncc21.[Ir]. The molecule has 12 nitrogen and oxygen atoms in total. The van der Waals surface area contributed by atoms with Crippen molar-refractivity contribution in [3.05, 3.63) is 145 Å². The van der Waals surface area contributed by atoms with Crippen LogP contribution in [0.3, 0.4) is 0 Å². The van der Waals surface area contributed by atoms with E-state index in [9.17, 15) is 0 Å². The molecule has 0 fully saturated rings. The molecule has 0 saturated carbocycles. The molecule has 0 N–H and O–H groups in total. The molecule has 73 heavy (non-hydrogen) atoms. The number of hydrogen-bond donors (Lipinski definition) is 0. The average molecular weight is 1160 g/mol. The van der Waals surface area contributed by atoms with Crippen molar-refractivity contribution in [1.82, 2.24) is 29.9 Å². The van der Waals surface area contributed by atoms with E-state index in [1.807, 2.05) is 74.4 Å². The minimum atomic E-state index is -0.0817. The van der Waals surface area contributed by atoms with Crippen LogP contribution in [0.4, 0.5) is 51.7 Å². The number of hydrogen-bond acceptors (Lipinski definition) is 12. The summed E-state index contributed by atoms with van der Waals surface area (Å²) in [6.45, 7) is 45.2. The fourth-order valence-electron chi connectivity index (χ4n) is 7.94. The first-order valence-electron chi connectivity index (χ1n) is 25.0. The molecule has 3 aromatic carbocycles. The minimum Gasteiger partial charge on any atom is -0.501 e. The normalized spacial score (nSPS) is 14.8. The van der Waals surface area contributed by atoms with Crippen LogP contribution in [0.15, 0.2) is 73.2 Å². The zero-order valence-corrected chi connectivity index (χ0v) is 49.8. The number of rotatable bonds is 3. The first-order chi connectivity index (χ1) is 33.2. The largest absolute Gasteiger partial charge is 0.501 e. The van der Waals surface area contributed by atoms with Crippen LogP contribution in [-0.2, 0) is 52.6 Å². The Kier molecular flexibility index (Phi) is 16.0. The molecular weight excluding hydrogens is 1080 g/mol. The van der Waals surface area contributed by atoms with E-state index < -0.39 is 0 Å². The predicted octanol–water partition coefficient (Wildman–Crippen LogP) is 13.7. The van der Waals surface area contributed by atoms with Gasteiger partial charge in [-0.15, -0.1) is 41.9 Å². The summed E-state index contributed by atoms with van der Waals surface area (Å²) in [6, 6.07) is 29.3. The van der Waals surface area contributed by atoms with Crippen LogP contribution in [0, 0.1) is 38.2 Å². The van der Waals surface area contributed by atoms with E-state index in [2.05, 4.69) is 227 Å². The number of aromatic nitrogens is 6. The monoisotopic (exact) mass is 1160 g/mol. The van der Waals surface area contributed by atoms with Gasteiger partial charge in [-0.3, -0.25) is 0 Å². The summed E-state index contributed by atoms with van der Waals surface area (Å²) < 4.78 is 0. The van der Waals surface area contributed by atoms with Gasteiger partial charge in [0.1, 0.15) is 34.9 Å². The quantitative estimate of drug-likeness (QED) is 0.158. The zero-order chi connectivity index (χ0) is 53.1. The number of benzene rings is 3. The molecule has 0 saturated heterocycles. The van der Waals surface area contributed by atoms with Gasteiger partial charge in [0.2, 0.25) is 0 Å². The Bertz CT molecular complexity index is 2530. The maximum Gasteiger partial charge on any atom is 0.144 e. The summed E-state index contributed by atoms with van der Waals surface area (Å²) in [7, 11) is 6.03. The third-order valence-electron chi connectivity index (χ3n) is 12.8. The third kappa shape index (κ3) is 12.7. The molecule has 0 atom stereocenters. The minimum absolute atomic E-state index is 0. The van der Waals surface area contributed by atoms with E-state index >= 15 is 0 Å².